The maximum Gasteiger partial charge on any atom is 0.274 e. The fraction of sp³-hybridized carbons (Fsp3) is 0.176. The summed E-state index contributed by atoms with van der Waals surface area (Å²) in [7, 11) is 0. The van der Waals surface area contributed by atoms with Crippen molar-refractivity contribution in [2.24, 2.45) is 0 Å². The van der Waals surface area contributed by atoms with Crippen LogP contribution >= 0.6 is 0 Å². The van der Waals surface area contributed by atoms with Gasteiger partial charge in [-0.2, -0.15) is 0 Å². The van der Waals surface area contributed by atoms with E-state index in [0.29, 0.717) is 11.5 Å². The first-order valence-electron chi connectivity index (χ1n) is 7.62. The van der Waals surface area contributed by atoms with Gasteiger partial charge in [-0.3, -0.25) is 9.36 Å². The molecular weight excluding hydrogens is 306 g/mol. The number of pyridine rings is 1. The number of carbonyl (C=O) groups is 1. The molecule has 1 N–H and O–H groups in total. The highest BCUT2D eigenvalue weighted by atomic mass is 16.5. The summed E-state index contributed by atoms with van der Waals surface area (Å²) in [6, 6.07) is 10.9. The highest BCUT2D eigenvalue weighted by Gasteiger charge is 2.19. The first kappa shape index (κ1) is 14.4. The van der Waals surface area contributed by atoms with Gasteiger partial charge in [-0.15, -0.1) is 10.2 Å². The summed E-state index contributed by atoms with van der Waals surface area (Å²) in [5, 5.41) is 10.4. The van der Waals surface area contributed by atoms with E-state index in [9.17, 15) is 4.79 Å². The summed E-state index contributed by atoms with van der Waals surface area (Å²) in [5.41, 5.74) is 2.16. The Morgan fingerprint density at radius 3 is 2.92 bits per heavy atom. The van der Waals surface area contributed by atoms with Crippen LogP contribution in [0, 0.1) is 0 Å². The van der Waals surface area contributed by atoms with Crippen molar-refractivity contribution in [1.29, 1.82) is 0 Å². The average molecular weight is 321 g/mol. The van der Waals surface area contributed by atoms with E-state index in [-0.39, 0.29) is 12.0 Å². The number of carbonyl (C=O) groups excluding carboxylic acids is 1. The number of nitrogens with zero attached hydrogens (tertiary/aromatic N) is 4. The number of nitrogens with one attached hydrogen (secondary N) is 1. The van der Waals surface area contributed by atoms with Gasteiger partial charge in [-0.25, -0.2) is 4.98 Å². The quantitative estimate of drug-likeness (QED) is 0.800. The molecule has 24 heavy (non-hydrogen) atoms. The molecule has 0 spiro atoms. The van der Waals surface area contributed by atoms with Gasteiger partial charge in [-0.05, 0) is 42.8 Å². The van der Waals surface area contributed by atoms with E-state index >= 15 is 0 Å². The SMILES string of the molecule is CC1Cc2cc(NC(=O)c3cccc(-n4cnnc4)n3)ccc2O1. The summed E-state index contributed by atoms with van der Waals surface area (Å²) >= 11 is 0. The molecule has 1 aliphatic heterocycles. The Morgan fingerprint density at radius 2 is 2.08 bits per heavy atom. The highest BCUT2D eigenvalue weighted by molar-refractivity contribution is 6.03. The molecule has 1 atom stereocenters. The fourth-order valence-corrected chi connectivity index (χ4v) is 2.71. The van der Waals surface area contributed by atoms with Gasteiger partial charge >= 0.3 is 0 Å². The highest BCUT2D eigenvalue weighted by Crippen LogP contribution is 2.31. The minimum atomic E-state index is -0.267. The molecule has 1 amide bonds. The van der Waals surface area contributed by atoms with Gasteiger partial charge in [0, 0.05) is 12.1 Å². The molecule has 3 heterocycles. The predicted octanol–water partition coefficient (Wildman–Crippen LogP) is 2.24. The summed E-state index contributed by atoms with van der Waals surface area (Å²) < 4.78 is 7.31. The predicted molar refractivity (Wildman–Crippen MR) is 87.3 cm³/mol. The molecule has 0 aliphatic carbocycles. The maximum absolute atomic E-state index is 12.5. The smallest absolute Gasteiger partial charge is 0.274 e. The van der Waals surface area contributed by atoms with Crippen molar-refractivity contribution < 1.29 is 9.53 Å². The number of amides is 1. The maximum atomic E-state index is 12.5. The normalized spacial score (nSPS) is 15.6. The van der Waals surface area contributed by atoms with E-state index in [0.717, 1.165) is 23.4 Å². The molecule has 120 valence electrons. The third kappa shape index (κ3) is 2.71. The number of anilines is 1. The van der Waals surface area contributed by atoms with E-state index < -0.39 is 0 Å². The monoisotopic (exact) mass is 321 g/mol. The standard InChI is InChI=1S/C17H15N5O2/c1-11-7-12-8-13(5-6-15(12)24-11)20-17(23)14-3-2-4-16(21-14)22-9-18-19-10-22/h2-6,8-11H,7H2,1H3,(H,20,23). The van der Waals surface area contributed by atoms with E-state index in [4.69, 9.17) is 4.74 Å². The van der Waals surface area contributed by atoms with E-state index in [1.807, 2.05) is 25.1 Å². The minimum Gasteiger partial charge on any atom is -0.490 e. The Bertz CT molecular complexity index is 892. The molecule has 4 rings (SSSR count). The van der Waals surface area contributed by atoms with E-state index in [1.165, 1.54) is 12.7 Å². The zero-order valence-corrected chi connectivity index (χ0v) is 13.0. The molecule has 7 heteroatoms. The molecular formula is C17H15N5O2. The first-order valence-corrected chi connectivity index (χ1v) is 7.62. The van der Waals surface area contributed by atoms with Crippen LogP contribution in [0.1, 0.15) is 23.0 Å². The lowest BCUT2D eigenvalue weighted by molar-refractivity contribution is 0.102. The van der Waals surface area contributed by atoms with Crippen LogP contribution in [0.25, 0.3) is 5.82 Å². The third-order valence-electron chi connectivity index (χ3n) is 3.80. The third-order valence-corrected chi connectivity index (χ3v) is 3.80. The summed E-state index contributed by atoms with van der Waals surface area (Å²) in [6.07, 6.45) is 4.09. The molecule has 0 saturated carbocycles. The van der Waals surface area contributed by atoms with Gasteiger partial charge in [0.2, 0.25) is 0 Å². The molecule has 3 aromatic rings. The van der Waals surface area contributed by atoms with Gasteiger partial charge < -0.3 is 10.1 Å². The van der Waals surface area contributed by atoms with Crippen molar-refractivity contribution in [3.05, 3.63) is 60.3 Å². The number of hydrogen-bond donors (Lipinski definition) is 1. The zero-order valence-electron chi connectivity index (χ0n) is 13.0. The van der Waals surface area contributed by atoms with Crippen molar-refractivity contribution >= 4 is 11.6 Å². The van der Waals surface area contributed by atoms with E-state index in [1.54, 1.807) is 22.8 Å². The van der Waals surface area contributed by atoms with Crippen molar-refractivity contribution in [1.82, 2.24) is 19.7 Å². The number of ether oxygens (including phenoxy) is 1. The van der Waals surface area contributed by atoms with Gasteiger partial charge in [0.1, 0.15) is 36.0 Å². The minimum absolute atomic E-state index is 0.174. The summed E-state index contributed by atoms with van der Waals surface area (Å²) in [6.45, 7) is 2.03. The lowest BCUT2D eigenvalue weighted by Gasteiger charge is -2.08. The molecule has 2 aromatic heterocycles. The molecule has 7 nitrogen and oxygen atoms in total. The molecule has 0 bridgehead atoms. The Balaban J connectivity index is 1.55. The van der Waals surface area contributed by atoms with Crippen LogP contribution in [-0.2, 0) is 6.42 Å². The van der Waals surface area contributed by atoms with Gasteiger partial charge in [0.25, 0.3) is 5.91 Å². The fourth-order valence-electron chi connectivity index (χ4n) is 2.71. The topological polar surface area (TPSA) is 81.9 Å². The van der Waals surface area contributed by atoms with Crippen LogP contribution in [0.4, 0.5) is 5.69 Å². The Hall–Kier alpha value is -3.22. The van der Waals surface area contributed by atoms with Crippen LogP contribution in [-0.4, -0.2) is 31.8 Å². The number of hydrogen-bond acceptors (Lipinski definition) is 5. The average Bonchev–Trinajstić information content (AvgIpc) is 3.23. The molecule has 0 saturated heterocycles. The van der Waals surface area contributed by atoms with Crippen LogP contribution in [0.2, 0.25) is 0 Å². The Morgan fingerprint density at radius 1 is 1.25 bits per heavy atom. The molecule has 0 fully saturated rings. The van der Waals surface area contributed by atoms with Crippen LogP contribution < -0.4 is 10.1 Å². The van der Waals surface area contributed by atoms with Gasteiger partial charge in [0.05, 0.1) is 0 Å². The summed E-state index contributed by atoms with van der Waals surface area (Å²) in [5.74, 6) is 1.20. The number of aromatic nitrogens is 4. The molecule has 0 radical (unpaired) electrons. The van der Waals surface area contributed by atoms with Crippen LogP contribution in [0.15, 0.2) is 49.1 Å². The van der Waals surface area contributed by atoms with Crippen LogP contribution in [0.5, 0.6) is 5.75 Å². The number of rotatable bonds is 3. The lowest BCUT2D eigenvalue weighted by atomic mass is 10.1. The van der Waals surface area contributed by atoms with E-state index in [2.05, 4.69) is 20.5 Å². The number of benzene rings is 1. The van der Waals surface area contributed by atoms with Gasteiger partial charge in [-0.1, -0.05) is 6.07 Å². The van der Waals surface area contributed by atoms with Crippen molar-refractivity contribution in [3.8, 4) is 11.6 Å². The lowest BCUT2D eigenvalue weighted by Crippen LogP contribution is -2.14. The summed E-state index contributed by atoms with van der Waals surface area (Å²) in [4.78, 5) is 16.8. The second-order valence-corrected chi connectivity index (χ2v) is 5.66. The zero-order chi connectivity index (χ0) is 16.5. The second kappa shape index (κ2) is 5.77. The molecule has 1 unspecified atom stereocenters. The molecule has 1 aromatic carbocycles. The van der Waals surface area contributed by atoms with Crippen molar-refractivity contribution in [2.45, 2.75) is 19.4 Å². The van der Waals surface area contributed by atoms with Gasteiger partial charge in [0.15, 0.2) is 0 Å². The molecule has 1 aliphatic rings. The Labute approximate surface area is 138 Å². The number of fused-ring (bicyclic) bond motifs is 1. The van der Waals surface area contributed by atoms with Crippen molar-refractivity contribution in [2.75, 3.05) is 5.32 Å². The first-order chi connectivity index (χ1) is 11.7. The van der Waals surface area contributed by atoms with Crippen LogP contribution in [0.3, 0.4) is 0 Å². The van der Waals surface area contributed by atoms with Crippen molar-refractivity contribution in [3.63, 3.8) is 0 Å². The Kier molecular flexibility index (Phi) is 3.45. The largest absolute Gasteiger partial charge is 0.490 e. The second-order valence-electron chi connectivity index (χ2n) is 5.66.